The quantitative estimate of drug-likeness (QED) is 0.799. The summed E-state index contributed by atoms with van der Waals surface area (Å²) in [4.78, 5) is 15.0. The molecule has 0 aliphatic rings. The van der Waals surface area contributed by atoms with Gasteiger partial charge in [-0.25, -0.2) is 13.6 Å². The third-order valence-electron chi connectivity index (χ3n) is 2.03. The fraction of sp³-hybridized carbons (Fsp3) is 0.400. The van der Waals surface area contributed by atoms with E-state index in [0.717, 1.165) is 6.20 Å². The predicted octanol–water partition coefficient (Wildman–Crippen LogP) is 1.65. The fourth-order valence-electron chi connectivity index (χ4n) is 1.30. The summed E-state index contributed by atoms with van der Waals surface area (Å²) in [6.07, 6.45) is -0.512. The van der Waals surface area contributed by atoms with Gasteiger partial charge in [0.15, 0.2) is 0 Å². The van der Waals surface area contributed by atoms with Crippen molar-refractivity contribution in [2.45, 2.75) is 19.9 Å². The van der Waals surface area contributed by atoms with Gasteiger partial charge >= 0.3 is 5.97 Å². The molecule has 0 amide bonds. The number of rotatable bonds is 4. The van der Waals surface area contributed by atoms with E-state index in [4.69, 9.17) is 10.5 Å². The maximum absolute atomic E-state index is 12.6. The second-order valence-corrected chi connectivity index (χ2v) is 2.98. The molecule has 0 aliphatic carbocycles. The summed E-state index contributed by atoms with van der Waals surface area (Å²) >= 11 is 0. The van der Waals surface area contributed by atoms with Crippen LogP contribution in [0.1, 0.15) is 34.8 Å². The van der Waals surface area contributed by atoms with Gasteiger partial charge in [-0.05, 0) is 12.5 Å². The molecule has 6 heteroatoms. The molecule has 0 fully saturated rings. The first-order valence-electron chi connectivity index (χ1n) is 4.73. The molecule has 0 atom stereocenters. The molecule has 0 aliphatic heterocycles. The molecule has 0 spiro atoms. The van der Waals surface area contributed by atoms with Crippen molar-refractivity contribution in [1.82, 2.24) is 4.98 Å². The molecule has 0 bridgehead atoms. The van der Waals surface area contributed by atoms with Gasteiger partial charge in [0.05, 0.1) is 12.2 Å². The lowest BCUT2D eigenvalue weighted by Crippen LogP contribution is -2.14. The zero-order chi connectivity index (χ0) is 12.1. The van der Waals surface area contributed by atoms with Crippen molar-refractivity contribution in [3.8, 4) is 0 Å². The van der Waals surface area contributed by atoms with Crippen molar-refractivity contribution in [3.63, 3.8) is 0 Å². The SMILES string of the molecule is CCOC(=O)c1cncc(C(F)F)c1CN. The largest absolute Gasteiger partial charge is 0.462 e. The average Bonchev–Trinajstić information content (AvgIpc) is 2.28. The topological polar surface area (TPSA) is 65.2 Å². The van der Waals surface area contributed by atoms with E-state index in [9.17, 15) is 13.6 Å². The van der Waals surface area contributed by atoms with Crippen LogP contribution in [0.5, 0.6) is 0 Å². The standard InChI is InChI=1S/C10H12F2N2O2/c1-2-16-10(15)8-5-14-4-7(9(11)12)6(8)3-13/h4-5,9H,2-3,13H2,1H3. The lowest BCUT2D eigenvalue weighted by atomic mass is 10.1. The van der Waals surface area contributed by atoms with Crippen LogP contribution in [0.15, 0.2) is 12.4 Å². The Labute approximate surface area is 91.4 Å². The molecular weight excluding hydrogens is 218 g/mol. The highest BCUT2D eigenvalue weighted by Crippen LogP contribution is 2.24. The molecular formula is C10H12F2N2O2. The van der Waals surface area contributed by atoms with E-state index in [1.165, 1.54) is 6.20 Å². The van der Waals surface area contributed by atoms with Crippen LogP contribution >= 0.6 is 0 Å². The third-order valence-corrected chi connectivity index (χ3v) is 2.03. The number of alkyl halides is 2. The number of esters is 1. The highest BCUT2D eigenvalue weighted by molar-refractivity contribution is 5.91. The number of carbonyl (C=O) groups is 1. The van der Waals surface area contributed by atoms with Gasteiger partial charge in [0.25, 0.3) is 6.43 Å². The fourth-order valence-corrected chi connectivity index (χ4v) is 1.30. The van der Waals surface area contributed by atoms with Crippen molar-refractivity contribution in [1.29, 1.82) is 0 Å². The molecule has 0 unspecified atom stereocenters. The van der Waals surface area contributed by atoms with Crippen LogP contribution in [0.25, 0.3) is 0 Å². The van der Waals surface area contributed by atoms with Crippen molar-refractivity contribution < 1.29 is 18.3 Å². The highest BCUT2D eigenvalue weighted by atomic mass is 19.3. The molecule has 4 nitrogen and oxygen atoms in total. The molecule has 0 saturated carbocycles. The minimum Gasteiger partial charge on any atom is -0.462 e. The van der Waals surface area contributed by atoms with Gasteiger partial charge in [0.2, 0.25) is 0 Å². The lowest BCUT2D eigenvalue weighted by Gasteiger charge is -2.10. The van der Waals surface area contributed by atoms with Gasteiger partial charge in [-0.1, -0.05) is 0 Å². The van der Waals surface area contributed by atoms with Gasteiger partial charge in [-0.3, -0.25) is 4.98 Å². The van der Waals surface area contributed by atoms with Crippen LogP contribution in [0.3, 0.4) is 0 Å². The number of hydrogen-bond donors (Lipinski definition) is 1. The summed E-state index contributed by atoms with van der Waals surface area (Å²) in [5.41, 5.74) is 5.12. The van der Waals surface area contributed by atoms with Crippen LogP contribution in [-0.4, -0.2) is 17.6 Å². The minimum absolute atomic E-state index is 0.00199. The maximum atomic E-state index is 12.6. The van der Waals surface area contributed by atoms with Gasteiger partial charge in [0, 0.05) is 24.5 Å². The van der Waals surface area contributed by atoms with Crippen LogP contribution in [-0.2, 0) is 11.3 Å². The molecule has 0 saturated heterocycles. The molecule has 1 aromatic rings. The highest BCUT2D eigenvalue weighted by Gasteiger charge is 2.20. The molecule has 1 aromatic heterocycles. The number of carbonyl (C=O) groups excluding carboxylic acids is 1. The van der Waals surface area contributed by atoms with Crippen LogP contribution in [0.2, 0.25) is 0 Å². The van der Waals surface area contributed by atoms with E-state index < -0.39 is 12.4 Å². The van der Waals surface area contributed by atoms with E-state index >= 15 is 0 Å². The first kappa shape index (κ1) is 12.5. The number of hydrogen-bond acceptors (Lipinski definition) is 4. The molecule has 16 heavy (non-hydrogen) atoms. The Kier molecular flexibility index (Phi) is 4.30. The zero-order valence-electron chi connectivity index (χ0n) is 8.74. The molecule has 88 valence electrons. The summed E-state index contributed by atoms with van der Waals surface area (Å²) < 4.78 is 29.9. The number of nitrogens with zero attached hydrogens (tertiary/aromatic N) is 1. The summed E-state index contributed by atoms with van der Waals surface area (Å²) in [7, 11) is 0. The second-order valence-electron chi connectivity index (χ2n) is 2.98. The van der Waals surface area contributed by atoms with Gasteiger partial charge < -0.3 is 10.5 Å². The Morgan fingerprint density at radius 3 is 2.75 bits per heavy atom. The number of nitrogens with two attached hydrogens (primary N) is 1. The van der Waals surface area contributed by atoms with E-state index in [1.807, 2.05) is 0 Å². The van der Waals surface area contributed by atoms with E-state index in [-0.39, 0.29) is 29.8 Å². The summed E-state index contributed by atoms with van der Waals surface area (Å²) in [5.74, 6) is -0.682. The van der Waals surface area contributed by atoms with Gasteiger partial charge in [-0.2, -0.15) is 0 Å². The Bertz CT molecular complexity index is 383. The zero-order valence-corrected chi connectivity index (χ0v) is 8.74. The molecule has 1 rings (SSSR count). The molecule has 0 aromatic carbocycles. The monoisotopic (exact) mass is 230 g/mol. The maximum Gasteiger partial charge on any atom is 0.340 e. The van der Waals surface area contributed by atoms with Crippen LogP contribution < -0.4 is 5.73 Å². The molecule has 0 radical (unpaired) electrons. The Hall–Kier alpha value is -1.56. The van der Waals surface area contributed by atoms with E-state index in [2.05, 4.69) is 4.98 Å². The summed E-state index contributed by atoms with van der Waals surface area (Å²) in [6, 6.07) is 0. The normalized spacial score (nSPS) is 10.6. The Morgan fingerprint density at radius 2 is 2.25 bits per heavy atom. The van der Waals surface area contributed by atoms with Gasteiger partial charge in [-0.15, -0.1) is 0 Å². The second kappa shape index (κ2) is 5.50. The average molecular weight is 230 g/mol. The summed E-state index contributed by atoms with van der Waals surface area (Å²) in [5, 5.41) is 0. The lowest BCUT2D eigenvalue weighted by molar-refractivity contribution is 0.0524. The van der Waals surface area contributed by atoms with Crippen LogP contribution in [0, 0.1) is 0 Å². The third kappa shape index (κ3) is 2.52. The van der Waals surface area contributed by atoms with Crippen molar-refractivity contribution in [2.75, 3.05) is 6.61 Å². The smallest absolute Gasteiger partial charge is 0.340 e. The number of aromatic nitrogens is 1. The van der Waals surface area contributed by atoms with Crippen LogP contribution in [0.4, 0.5) is 8.78 Å². The first-order valence-corrected chi connectivity index (χ1v) is 4.73. The van der Waals surface area contributed by atoms with Gasteiger partial charge in [0.1, 0.15) is 0 Å². The minimum atomic E-state index is -2.71. The van der Waals surface area contributed by atoms with E-state index in [1.54, 1.807) is 6.92 Å². The summed E-state index contributed by atoms with van der Waals surface area (Å²) in [6.45, 7) is 1.64. The van der Waals surface area contributed by atoms with Crippen molar-refractivity contribution >= 4 is 5.97 Å². The number of pyridine rings is 1. The Morgan fingerprint density at radius 1 is 1.56 bits per heavy atom. The Balaban J connectivity index is 3.18. The first-order chi connectivity index (χ1) is 7.61. The van der Waals surface area contributed by atoms with Crippen molar-refractivity contribution in [2.24, 2.45) is 5.73 Å². The van der Waals surface area contributed by atoms with Crippen molar-refractivity contribution in [3.05, 3.63) is 29.1 Å². The van der Waals surface area contributed by atoms with E-state index in [0.29, 0.717) is 0 Å². The molecule has 1 heterocycles. The molecule has 2 N–H and O–H groups in total. The number of halogens is 2. The predicted molar refractivity (Wildman–Crippen MR) is 53.0 cm³/mol. The number of ether oxygens (including phenoxy) is 1.